The molecule has 0 bridgehead atoms. The van der Waals surface area contributed by atoms with Crippen LogP contribution in [0.5, 0.6) is 5.75 Å². The Balaban J connectivity index is 1.92. The highest BCUT2D eigenvalue weighted by Crippen LogP contribution is 2.40. The summed E-state index contributed by atoms with van der Waals surface area (Å²) in [5, 5.41) is 3.66. The Labute approximate surface area is 142 Å². The van der Waals surface area contributed by atoms with Gasteiger partial charge in [0, 0.05) is 8.95 Å². The van der Waals surface area contributed by atoms with Crippen molar-refractivity contribution in [2.24, 2.45) is 0 Å². The monoisotopic (exact) mass is 409 g/mol. The van der Waals surface area contributed by atoms with Gasteiger partial charge in [0.2, 0.25) is 0 Å². The summed E-state index contributed by atoms with van der Waals surface area (Å²) < 4.78 is 7.53. The highest BCUT2D eigenvalue weighted by Gasteiger charge is 2.24. The van der Waals surface area contributed by atoms with Crippen LogP contribution >= 0.6 is 31.9 Å². The molecule has 4 heteroatoms. The topological polar surface area (TPSA) is 21.3 Å². The molecule has 2 aromatic rings. The third kappa shape index (κ3) is 2.97. The third-order valence-electron chi connectivity index (χ3n) is 3.94. The molecule has 1 unspecified atom stereocenters. The first-order valence-electron chi connectivity index (χ1n) is 6.97. The summed E-state index contributed by atoms with van der Waals surface area (Å²) in [6.07, 6.45) is 2.22. The SMILES string of the molecule is COc1ccc2c(c1)C(Nc1c(Br)cc(C)cc1Br)CC2. The highest BCUT2D eigenvalue weighted by molar-refractivity contribution is 9.11. The Hall–Kier alpha value is -1.000. The normalized spacial score (nSPS) is 16.7. The standard InChI is InChI=1S/C17H17Br2NO/c1-10-7-14(18)17(15(19)8-10)20-16-6-4-11-3-5-12(21-2)9-13(11)16/h3,5,7-9,16,20H,4,6H2,1-2H3. The van der Waals surface area contributed by atoms with E-state index >= 15 is 0 Å². The van der Waals surface area contributed by atoms with Crippen LogP contribution < -0.4 is 10.1 Å². The first kappa shape index (κ1) is 14.9. The second-order valence-corrected chi connectivity index (χ2v) is 7.11. The second kappa shape index (κ2) is 6.01. The fraction of sp³-hybridized carbons (Fsp3) is 0.294. The summed E-state index contributed by atoms with van der Waals surface area (Å²) in [5.74, 6) is 0.921. The van der Waals surface area contributed by atoms with Gasteiger partial charge in [-0.2, -0.15) is 0 Å². The van der Waals surface area contributed by atoms with E-state index in [0.717, 1.165) is 33.2 Å². The number of fused-ring (bicyclic) bond motifs is 1. The molecule has 21 heavy (non-hydrogen) atoms. The van der Waals surface area contributed by atoms with E-state index in [4.69, 9.17) is 4.74 Å². The molecule has 0 spiro atoms. The zero-order valence-corrected chi connectivity index (χ0v) is 15.2. The third-order valence-corrected chi connectivity index (χ3v) is 5.19. The first-order chi connectivity index (χ1) is 10.1. The molecule has 0 heterocycles. The lowest BCUT2D eigenvalue weighted by molar-refractivity contribution is 0.414. The Morgan fingerprint density at radius 2 is 1.86 bits per heavy atom. The maximum atomic E-state index is 5.35. The molecule has 0 saturated carbocycles. The van der Waals surface area contributed by atoms with Crippen molar-refractivity contribution in [1.82, 2.24) is 0 Å². The lowest BCUT2D eigenvalue weighted by Crippen LogP contribution is -2.08. The van der Waals surface area contributed by atoms with Gasteiger partial charge in [-0.3, -0.25) is 0 Å². The van der Waals surface area contributed by atoms with E-state index in [2.05, 4.69) is 68.4 Å². The minimum Gasteiger partial charge on any atom is -0.497 e. The summed E-state index contributed by atoms with van der Waals surface area (Å²) in [6, 6.07) is 11.0. The minimum absolute atomic E-state index is 0.324. The van der Waals surface area contributed by atoms with Crippen molar-refractivity contribution in [2.45, 2.75) is 25.8 Å². The summed E-state index contributed by atoms with van der Waals surface area (Å²) in [7, 11) is 1.71. The lowest BCUT2D eigenvalue weighted by atomic mass is 10.1. The lowest BCUT2D eigenvalue weighted by Gasteiger charge is -2.19. The fourth-order valence-electron chi connectivity index (χ4n) is 2.87. The van der Waals surface area contributed by atoms with Crippen LogP contribution in [0.1, 0.15) is 29.2 Å². The Bertz CT molecular complexity index is 661. The van der Waals surface area contributed by atoms with E-state index in [0.29, 0.717) is 6.04 Å². The molecule has 3 rings (SSSR count). The van der Waals surface area contributed by atoms with E-state index in [1.807, 2.05) is 6.07 Å². The van der Waals surface area contributed by atoms with Crippen LogP contribution in [0.25, 0.3) is 0 Å². The number of ether oxygens (including phenoxy) is 1. The van der Waals surface area contributed by atoms with Gasteiger partial charge in [-0.15, -0.1) is 0 Å². The van der Waals surface area contributed by atoms with Crippen molar-refractivity contribution in [1.29, 1.82) is 0 Å². The first-order valence-corrected chi connectivity index (χ1v) is 8.56. The number of rotatable bonds is 3. The number of methoxy groups -OCH3 is 1. The summed E-state index contributed by atoms with van der Waals surface area (Å²) in [6.45, 7) is 2.09. The molecule has 0 aromatic heterocycles. The van der Waals surface area contributed by atoms with Crippen LogP contribution in [0.15, 0.2) is 39.3 Å². The maximum Gasteiger partial charge on any atom is 0.119 e. The van der Waals surface area contributed by atoms with Gasteiger partial charge in [0.15, 0.2) is 0 Å². The van der Waals surface area contributed by atoms with Gasteiger partial charge >= 0.3 is 0 Å². The molecule has 1 aliphatic rings. The number of hydrogen-bond acceptors (Lipinski definition) is 2. The molecule has 0 amide bonds. The van der Waals surface area contributed by atoms with Crippen LogP contribution in [0, 0.1) is 6.92 Å². The molecule has 1 aliphatic carbocycles. The average molecular weight is 411 g/mol. The molecule has 0 radical (unpaired) electrons. The van der Waals surface area contributed by atoms with Gasteiger partial charge in [-0.05, 0) is 92.6 Å². The van der Waals surface area contributed by atoms with Crippen molar-refractivity contribution < 1.29 is 4.74 Å². The molecular weight excluding hydrogens is 394 g/mol. The number of nitrogens with one attached hydrogen (secondary N) is 1. The molecule has 0 aliphatic heterocycles. The van der Waals surface area contributed by atoms with Crippen LogP contribution in [-0.2, 0) is 6.42 Å². The Morgan fingerprint density at radius 1 is 1.14 bits per heavy atom. The van der Waals surface area contributed by atoms with Crippen molar-refractivity contribution in [3.05, 3.63) is 56.0 Å². The van der Waals surface area contributed by atoms with Gasteiger partial charge in [-0.25, -0.2) is 0 Å². The van der Waals surface area contributed by atoms with Crippen molar-refractivity contribution >= 4 is 37.5 Å². The number of aryl methyl sites for hydroxylation is 2. The van der Waals surface area contributed by atoms with Crippen LogP contribution in [-0.4, -0.2) is 7.11 Å². The minimum atomic E-state index is 0.324. The molecule has 110 valence electrons. The average Bonchev–Trinajstić information content (AvgIpc) is 2.84. The second-order valence-electron chi connectivity index (χ2n) is 5.40. The van der Waals surface area contributed by atoms with E-state index in [-0.39, 0.29) is 0 Å². The smallest absolute Gasteiger partial charge is 0.119 e. The highest BCUT2D eigenvalue weighted by atomic mass is 79.9. The summed E-state index contributed by atoms with van der Waals surface area (Å²) in [5.41, 5.74) is 5.09. The maximum absolute atomic E-state index is 5.35. The predicted molar refractivity (Wildman–Crippen MR) is 94.3 cm³/mol. The molecule has 1 atom stereocenters. The van der Waals surface area contributed by atoms with Gasteiger partial charge < -0.3 is 10.1 Å². The van der Waals surface area contributed by atoms with Crippen LogP contribution in [0.2, 0.25) is 0 Å². The van der Waals surface area contributed by atoms with Crippen molar-refractivity contribution in [2.75, 3.05) is 12.4 Å². The number of anilines is 1. The van der Waals surface area contributed by atoms with Crippen molar-refractivity contribution in [3.63, 3.8) is 0 Å². The van der Waals surface area contributed by atoms with E-state index in [1.165, 1.54) is 16.7 Å². The van der Waals surface area contributed by atoms with Gasteiger partial charge in [0.05, 0.1) is 18.8 Å². The molecule has 2 aromatic carbocycles. The predicted octanol–water partition coefficient (Wildman–Crippen LogP) is 5.63. The quantitative estimate of drug-likeness (QED) is 0.707. The summed E-state index contributed by atoms with van der Waals surface area (Å²) in [4.78, 5) is 0. The zero-order valence-electron chi connectivity index (χ0n) is 12.0. The number of halogens is 2. The molecule has 0 saturated heterocycles. The van der Waals surface area contributed by atoms with E-state index in [1.54, 1.807) is 7.11 Å². The summed E-state index contributed by atoms with van der Waals surface area (Å²) >= 11 is 7.31. The van der Waals surface area contributed by atoms with Gasteiger partial charge in [-0.1, -0.05) is 6.07 Å². The number of benzene rings is 2. The van der Waals surface area contributed by atoms with E-state index < -0.39 is 0 Å². The van der Waals surface area contributed by atoms with Crippen LogP contribution in [0.3, 0.4) is 0 Å². The van der Waals surface area contributed by atoms with Crippen LogP contribution in [0.4, 0.5) is 5.69 Å². The Morgan fingerprint density at radius 3 is 2.52 bits per heavy atom. The van der Waals surface area contributed by atoms with Gasteiger partial charge in [0.25, 0.3) is 0 Å². The van der Waals surface area contributed by atoms with E-state index in [9.17, 15) is 0 Å². The molecule has 0 fully saturated rings. The zero-order chi connectivity index (χ0) is 15.0. The largest absolute Gasteiger partial charge is 0.497 e. The molecule has 1 N–H and O–H groups in total. The Kier molecular flexibility index (Phi) is 4.27. The molecule has 2 nitrogen and oxygen atoms in total. The molecular formula is C17H17Br2NO. The van der Waals surface area contributed by atoms with Crippen molar-refractivity contribution in [3.8, 4) is 5.75 Å². The van der Waals surface area contributed by atoms with Gasteiger partial charge in [0.1, 0.15) is 5.75 Å². The number of hydrogen-bond donors (Lipinski definition) is 1. The fourth-order valence-corrected chi connectivity index (χ4v) is 4.51.